The standard InChI is InChI=1S/C20H22O4/c21-14-20(24-16-18-9-5-2-6-10-18)13-19(22)11-12-23-15-17-7-3-1-4-8-17/h1-10,14,20H,11-13,15-16H2/t20-/m1/s1. The van der Waals surface area contributed by atoms with Gasteiger partial charge in [0, 0.05) is 12.8 Å². The van der Waals surface area contributed by atoms with Gasteiger partial charge < -0.3 is 14.3 Å². The van der Waals surface area contributed by atoms with E-state index in [2.05, 4.69) is 0 Å². The van der Waals surface area contributed by atoms with E-state index in [4.69, 9.17) is 9.47 Å². The molecule has 0 bridgehead atoms. The number of carbonyl (C=O) groups excluding carboxylic acids is 2. The topological polar surface area (TPSA) is 52.6 Å². The number of hydrogen-bond donors (Lipinski definition) is 0. The average molecular weight is 326 g/mol. The largest absolute Gasteiger partial charge is 0.376 e. The van der Waals surface area contributed by atoms with Crippen LogP contribution in [-0.4, -0.2) is 24.8 Å². The summed E-state index contributed by atoms with van der Waals surface area (Å²) in [4.78, 5) is 23.0. The lowest BCUT2D eigenvalue weighted by Gasteiger charge is -2.11. The zero-order valence-corrected chi connectivity index (χ0v) is 13.6. The van der Waals surface area contributed by atoms with Crippen LogP contribution in [0.2, 0.25) is 0 Å². The van der Waals surface area contributed by atoms with Gasteiger partial charge in [-0.2, -0.15) is 0 Å². The number of Topliss-reactive ketones (excluding diaryl/α,β-unsaturated/α-hetero) is 1. The van der Waals surface area contributed by atoms with Crippen LogP contribution in [0.4, 0.5) is 0 Å². The Balaban J connectivity index is 1.63. The molecule has 0 aliphatic rings. The van der Waals surface area contributed by atoms with Gasteiger partial charge >= 0.3 is 0 Å². The average Bonchev–Trinajstić information content (AvgIpc) is 2.64. The molecule has 0 fully saturated rings. The summed E-state index contributed by atoms with van der Waals surface area (Å²) in [6.07, 6.45) is 0.356. The van der Waals surface area contributed by atoms with Gasteiger partial charge in [0.1, 0.15) is 18.2 Å². The molecule has 0 spiro atoms. The predicted molar refractivity (Wildman–Crippen MR) is 91.4 cm³/mol. The summed E-state index contributed by atoms with van der Waals surface area (Å²) in [6.45, 7) is 1.15. The Labute approximate surface area is 142 Å². The number of hydrogen-bond acceptors (Lipinski definition) is 4. The van der Waals surface area contributed by atoms with Gasteiger partial charge in [-0.1, -0.05) is 60.7 Å². The second-order valence-corrected chi connectivity index (χ2v) is 5.50. The van der Waals surface area contributed by atoms with Gasteiger partial charge in [-0.05, 0) is 11.1 Å². The summed E-state index contributed by atoms with van der Waals surface area (Å²) in [7, 11) is 0. The van der Waals surface area contributed by atoms with Crippen LogP contribution in [0.1, 0.15) is 24.0 Å². The second-order valence-electron chi connectivity index (χ2n) is 5.50. The number of ketones is 1. The maximum atomic E-state index is 11.9. The molecule has 126 valence electrons. The molecule has 1 atom stereocenters. The molecule has 2 aromatic carbocycles. The minimum atomic E-state index is -0.702. The van der Waals surface area contributed by atoms with Crippen molar-refractivity contribution in [3.8, 4) is 0 Å². The fourth-order valence-electron chi connectivity index (χ4n) is 2.20. The Morgan fingerprint density at radius 1 is 0.917 bits per heavy atom. The van der Waals surface area contributed by atoms with E-state index in [0.29, 0.717) is 26.1 Å². The second kappa shape index (κ2) is 10.5. The molecule has 0 unspecified atom stereocenters. The zero-order valence-electron chi connectivity index (χ0n) is 13.6. The molecule has 24 heavy (non-hydrogen) atoms. The highest BCUT2D eigenvalue weighted by molar-refractivity contribution is 5.82. The molecule has 4 nitrogen and oxygen atoms in total. The third-order valence-electron chi connectivity index (χ3n) is 3.52. The van der Waals surface area contributed by atoms with Crippen LogP contribution < -0.4 is 0 Å². The van der Waals surface area contributed by atoms with Crippen molar-refractivity contribution in [2.24, 2.45) is 0 Å². The van der Waals surface area contributed by atoms with Crippen molar-refractivity contribution in [2.75, 3.05) is 6.61 Å². The molecule has 0 heterocycles. The van der Waals surface area contributed by atoms with Crippen molar-refractivity contribution in [3.05, 3.63) is 71.8 Å². The first-order valence-electron chi connectivity index (χ1n) is 8.02. The van der Waals surface area contributed by atoms with E-state index in [0.717, 1.165) is 11.1 Å². The number of aldehydes is 1. The Bertz CT molecular complexity index is 610. The first kappa shape index (κ1) is 18.0. The van der Waals surface area contributed by atoms with E-state index in [1.807, 2.05) is 60.7 Å². The van der Waals surface area contributed by atoms with Gasteiger partial charge in [-0.25, -0.2) is 0 Å². The van der Waals surface area contributed by atoms with Crippen LogP contribution in [0.3, 0.4) is 0 Å². The third kappa shape index (κ3) is 6.86. The first-order chi connectivity index (χ1) is 11.8. The van der Waals surface area contributed by atoms with Crippen molar-refractivity contribution < 1.29 is 19.1 Å². The predicted octanol–water partition coefficient (Wildman–Crippen LogP) is 3.34. The van der Waals surface area contributed by atoms with Gasteiger partial charge in [-0.15, -0.1) is 0 Å². The van der Waals surface area contributed by atoms with Gasteiger partial charge in [0.15, 0.2) is 0 Å². The van der Waals surface area contributed by atoms with E-state index >= 15 is 0 Å². The number of rotatable bonds is 11. The van der Waals surface area contributed by atoms with Crippen LogP contribution in [-0.2, 0) is 32.3 Å². The van der Waals surface area contributed by atoms with Crippen LogP contribution in [0.15, 0.2) is 60.7 Å². The molecular weight excluding hydrogens is 304 g/mol. The lowest BCUT2D eigenvalue weighted by Crippen LogP contribution is -2.20. The van der Waals surface area contributed by atoms with Gasteiger partial charge in [0.2, 0.25) is 0 Å². The first-order valence-corrected chi connectivity index (χ1v) is 8.02. The summed E-state index contributed by atoms with van der Waals surface area (Å²) in [6, 6.07) is 19.4. The van der Waals surface area contributed by atoms with Crippen LogP contribution >= 0.6 is 0 Å². The summed E-state index contributed by atoms with van der Waals surface area (Å²) in [5.74, 6) is -0.0341. The van der Waals surface area contributed by atoms with Crippen LogP contribution in [0.25, 0.3) is 0 Å². The van der Waals surface area contributed by atoms with Crippen molar-refractivity contribution in [3.63, 3.8) is 0 Å². The minimum Gasteiger partial charge on any atom is -0.376 e. The molecular formula is C20H22O4. The number of ether oxygens (including phenoxy) is 2. The molecule has 0 aliphatic carbocycles. The highest BCUT2D eigenvalue weighted by Crippen LogP contribution is 2.07. The molecule has 0 aromatic heterocycles. The SMILES string of the molecule is O=C[C@@H](CC(=O)CCOCc1ccccc1)OCc1ccccc1. The van der Waals surface area contributed by atoms with E-state index in [9.17, 15) is 9.59 Å². The van der Waals surface area contributed by atoms with E-state index in [1.165, 1.54) is 0 Å². The maximum Gasteiger partial charge on any atom is 0.149 e. The third-order valence-corrected chi connectivity index (χ3v) is 3.52. The molecule has 0 aliphatic heterocycles. The Morgan fingerprint density at radius 3 is 2.08 bits per heavy atom. The Hall–Kier alpha value is -2.30. The van der Waals surface area contributed by atoms with Crippen molar-refractivity contribution in [2.45, 2.75) is 32.2 Å². The van der Waals surface area contributed by atoms with Crippen LogP contribution in [0.5, 0.6) is 0 Å². The highest BCUT2D eigenvalue weighted by atomic mass is 16.5. The quantitative estimate of drug-likeness (QED) is 0.469. The molecule has 0 saturated heterocycles. The van der Waals surface area contributed by atoms with Gasteiger partial charge in [-0.3, -0.25) is 4.79 Å². The van der Waals surface area contributed by atoms with Gasteiger partial charge in [0.25, 0.3) is 0 Å². The maximum absolute atomic E-state index is 11.9. The summed E-state index contributed by atoms with van der Waals surface area (Å²) in [5.41, 5.74) is 2.05. The van der Waals surface area contributed by atoms with Crippen molar-refractivity contribution in [1.29, 1.82) is 0 Å². The summed E-state index contributed by atoms with van der Waals surface area (Å²) < 4.78 is 11.0. The highest BCUT2D eigenvalue weighted by Gasteiger charge is 2.13. The fourth-order valence-corrected chi connectivity index (χ4v) is 2.20. The molecule has 0 N–H and O–H groups in total. The summed E-state index contributed by atoms with van der Waals surface area (Å²) in [5, 5.41) is 0. The summed E-state index contributed by atoms with van der Waals surface area (Å²) >= 11 is 0. The van der Waals surface area contributed by atoms with E-state index < -0.39 is 6.10 Å². The normalized spacial score (nSPS) is 11.8. The van der Waals surface area contributed by atoms with E-state index in [-0.39, 0.29) is 18.6 Å². The Morgan fingerprint density at radius 2 is 1.50 bits per heavy atom. The number of benzene rings is 2. The Kier molecular flexibility index (Phi) is 7.87. The monoisotopic (exact) mass is 326 g/mol. The van der Waals surface area contributed by atoms with Crippen molar-refractivity contribution >= 4 is 12.1 Å². The molecule has 0 amide bonds. The molecule has 0 radical (unpaired) electrons. The zero-order chi connectivity index (χ0) is 17.0. The van der Waals surface area contributed by atoms with Gasteiger partial charge in [0.05, 0.1) is 19.8 Å². The lowest BCUT2D eigenvalue weighted by atomic mass is 10.1. The molecule has 2 aromatic rings. The fraction of sp³-hybridized carbons (Fsp3) is 0.300. The smallest absolute Gasteiger partial charge is 0.149 e. The van der Waals surface area contributed by atoms with E-state index in [1.54, 1.807) is 0 Å². The molecule has 2 rings (SSSR count). The van der Waals surface area contributed by atoms with Crippen molar-refractivity contribution in [1.82, 2.24) is 0 Å². The lowest BCUT2D eigenvalue weighted by molar-refractivity contribution is -0.129. The molecule has 4 heteroatoms. The van der Waals surface area contributed by atoms with Crippen LogP contribution in [0, 0.1) is 0 Å². The number of carbonyl (C=O) groups is 2. The minimum absolute atomic E-state index is 0.0341. The molecule has 0 saturated carbocycles.